The summed E-state index contributed by atoms with van der Waals surface area (Å²) in [4.78, 5) is 13.4. The highest BCUT2D eigenvalue weighted by molar-refractivity contribution is 5.78. The minimum atomic E-state index is -0.841. The molecule has 0 bridgehead atoms. The Morgan fingerprint density at radius 3 is 2.44 bits per heavy atom. The summed E-state index contributed by atoms with van der Waals surface area (Å²) in [6.07, 6.45) is 6.29. The third kappa shape index (κ3) is 3.19. The summed E-state index contributed by atoms with van der Waals surface area (Å²) in [6.45, 7) is 2.30. The predicted octanol–water partition coefficient (Wildman–Crippen LogP) is 1.31. The second kappa shape index (κ2) is 5.64. The second-order valence-corrected chi connectivity index (χ2v) is 5.09. The van der Waals surface area contributed by atoms with Gasteiger partial charge in [0.2, 0.25) is 0 Å². The number of likely N-dealkylation sites (N-methyl/N-ethyl adjacent to an activating group) is 2. The first kappa shape index (κ1) is 13.5. The lowest BCUT2D eigenvalue weighted by molar-refractivity contribution is -0.144. The normalized spacial score (nSPS) is 22.0. The molecule has 2 N–H and O–H groups in total. The van der Waals surface area contributed by atoms with Gasteiger partial charge in [-0.15, -0.1) is 0 Å². The molecule has 0 saturated heterocycles. The van der Waals surface area contributed by atoms with E-state index in [0.29, 0.717) is 12.6 Å². The van der Waals surface area contributed by atoms with Gasteiger partial charge < -0.3 is 15.3 Å². The van der Waals surface area contributed by atoms with Crippen LogP contribution < -0.4 is 5.32 Å². The highest BCUT2D eigenvalue weighted by Crippen LogP contribution is 2.22. The number of carboxylic acids is 1. The molecule has 4 heteroatoms. The van der Waals surface area contributed by atoms with E-state index in [4.69, 9.17) is 0 Å². The lowest BCUT2D eigenvalue weighted by Gasteiger charge is -2.36. The maximum Gasteiger partial charge on any atom is 0.324 e. The van der Waals surface area contributed by atoms with Crippen molar-refractivity contribution in [2.24, 2.45) is 0 Å². The monoisotopic (exact) mass is 228 g/mol. The highest BCUT2D eigenvalue weighted by Gasteiger charge is 2.34. The number of hydrogen-bond acceptors (Lipinski definition) is 3. The fraction of sp³-hybridized carbons (Fsp3) is 0.917. The van der Waals surface area contributed by atoms with Gasteiger partial charge in [-0.2, -0.15) is 0 Å². The zero-order valence-electron chi connectivity index (χ0n) is 10.6. The van der Waals surface area contributed by atoms with Gasteiger partial charge in [-0.1, -0.05) is 19.3 Å². The van der Waals surface area contributed by atoms with Crippen molar-refractivity contribution in [1.82, 2.24) is 10.2 Å². The summed E-state index contributed by atoms with van der Waals surface area (Å²) in [6, 6.07) is 0.556. The van der Waals surface area contributed by atoms with Crippen LogP contribution >= 0.6 is 0 Å². The maximum absolute atomic E-state index is 11.2. The first-order valence-corrected chi connectivity index (χ1v) is 6.12. The molecule has 0 aliphatic heterocycles. The van der Waals surface area contributed by atoms with Crippen molar-refractivity contribution in [2.75, 3.05) is 20.6 Å². The van der Waals surface area contributed by atoms with E-state index in [1.54, 1.807) is 14.0 Å². The number of hydrogen-bond donors (Lipinski definition) is 2. The van der Waals surface area contributed by atoms with Crippen LogP contribution in [0.25, 0.3) is 0 Å². The number of carboxylic acid groups (broad SMARTS) is 1. The van der Waals surface area contributed by atoms with E-state index in [0.717, 1.165) is 0 Å². The Morgan fingerprint density at radius 2 is 2.00 bits per heavy atom. The minimum Gasteiger partial charge on any atom is -0.480 e. The third-order valence-electron chi connectivity index (χ3n) is 3.79. The highest BCUT2D eigenvalue weighted by atomic mass is 16.4. The second-order valence-electron chi connectivity index (χ2n) is 5.09. The van der Waals surface area contributed by atoms with E-state index < -0.39 is 11.5 Å². The van der Waals surface area contributed by atoms with Gasteiger partial charge in [-0.3, -0.25) is 4.79 Å². The summed E-state index contributed by atoms with van der Waals surface area (Å²) in [5.74, 6) is -0.780. The van der Waals surface area contributed by atoms with Crippen molar-refractivity contribution in [3.05, 3.63) is 0 Å². The van der Waals surface area contributed by atoms with Crippen molar-refractivity contribution in [3.8, 4) is 0 Å². The molecule has 0 spiro atoms. The molecule has 94 valence electrons. The Labute approximate surface area is 98.0 Å². The molecular formula is C12H24N2O2. The molecule has 1 unspecified atom stereocenters. The topological polar surface area (TPSA) is 52.6 Å². The van der Waals surface area contributed by atoms with Gasteiger partial charge in [0.25, 0.3) is 0 Å². The average molecular weight is 228 g/mol. The van der Waals surface area contributed by atoms with Gasteiger partial charge in [-0.05, 0) is 33.9 Å². The van der Waals surface area contributed by atoms with Crippen LogP contribution in [0.3, 0.4) is 0 Å². The number of carbonyl (C=O) groups is 1. The van der Waals surface area contributed by atoms with Crippen molar-refractivity contribution in [2.45, 2.75) is 50.6 Å². The average Bonchev–Trinajstić information content (AvgIpc) is 2.29. The van der Waals surface area contributed by atoms with Crippen LogP contribution in [0.1, 0.15) is 39.0 Å². The van der Waals surface area contributed by atoms with Gasteiger partial charge in [0, 0.05) is 12.6 Å². The summed E-state index contributed by atoms with van der Waals surface area (Å²) in [7, 11) is 3.75. The summed E-state index contributed by atoms with van der Waals surface area (Å²) in [5.41, 5.74) is -0.841. The predicted molar refractivity (Wildman–Crippen MR) is 64.6 cm³/mol. The molecule has 1 aliphatic carbocycles. The molecule has 0 aromatic carbocycles. The van der Waals surface area contributed by atoms with Crippen molar-refractivity contribution in [3.63, 3.8) is 0 Å². The van der Waals surface area contributed by atoms with E-state index >= 15 is 0 Å². The van der Waals surface area contributed by atoms with E-state index in [-0.39, 0.29) is 0 Å². The Hall–Kier alpha value is -0.610. The van der Waals surface area contributed by atoms with Crippen LogP contribution in [0.4, 0.5) is 0 Å². The number of rotatable bonds is 5. The molecule has 1 atom stereocenters. The van der Waals surface area contributed by atoms with Gasteiger partial charge in [0.05, 0.1) is 0 Å². The van der Waals surface area contributed by atoms with E-state index in [1.807, 2.05) is 7.05 Å². The number of nitrogens with zero attached hydrogens (tertiary/aromatic N) is 1. The van der Waals surface area contributed by atoms with Gasteiger partial charge in [-0.25, -0.2) is 0 Å². The molecule has 0 heterocycles. The van der Waals surface area contributed by atoms with Crippen LogP contribution in [-0.2, 0) is 4.79 Å². The zero-order valence-corrected chi connectivity index (χ0v) is 10.6. The maximum atomic E-state index is 11.2. The van der Waals surface area contributed by atoms with E-state index in [9.17, 15) is 9.90 Å². The summed E-state index contributed by atoms with van der Waals surface area (Å²) in [5, 5.41) is 12.1. The Bertz CT molecular complexity index is 239. The molecule has 16 heavy (non-hydrogen) atoms. The SMILES string of the molecule is CNC(C)(CN(C)C1CCCCC1)C(=O)O. The van der Waals surface area contributed by atoms with Crippen molar-refractivity contribution < 1.29 is 9.90 Å². The lowest BCUT2D eigenvalue weighted by atomic mass is 9.93. The molecule has 0 radical (unpaired) electrons. The third-order valence-corrected chi connectivity index (χ3v) is 3.79. The molecule has 1 saturated carbocycles. The molecule has 1 aliphatic rings. The molecule has 0 aromatic rings. The van der Waals surface area contributed by atoms with Crippen LogP contribution in [-0.4, -0.2) is 48.2 Å². The first-order valence-electron chi connectivity index (χ1n) is 6.12. The molecular weight excluding hydrogens is 204 g/mol. The Kier molecular flexibility index (Phi) is 4.74. The van der Waals surface area contributed by atoms with Gasteiger partial charge in [0.1, 0.15) is 5.54 Å². The molecule has 1 rings (SSSR count). The van der Waals surface area contributed by atoms with Crippen molar-refractivity contribution in [1.29, 1.82) is 0 Å². The molecule has 0 amide bonds. The lowest BCUT2D eigenvalue weighted by Crippen LogP contribution is -2.56. The fourth-order valence-electron chi connectivity index (χ4n) is 2.40. The van der Waals surface area contributed by atoms with Crippen LogP contribution in [0, 0.1) is 0 Å². The summed E-state index contributed by atoms with van der Waals surface area (Å²) < 4.78 is 0. The van der Waals surface area contributed by atoms with Crippen LogP contribution in [0.15, 0.2) is 0 Å². The van der Waals surface area contributed by atoms with Crippen LogP contribution in [0.2, 0.25) is 0 Å². The van der Waals surface area contributed by atoms with E-state index in [2.05, 4.69) is 10.2 Å². The number of nitrogens with one attached hydrogen (secondary N) is 1. The van der Waals surface area contributed by atoms with Crippen LogP contribution in [0.5, 0.6) is 0 Å². The molecule has 0 aromatic heterocycles. The van der Waals surface area contributed by atoms with E-state index in [1.165, 1.54) is 32.1 Å². The molecule has 4 nitrogen and oxygen atoms in total. The largest absolute Gasteiger partial charge is 0.480 e. The standard InChI is InChI=1S/C12H24N2O2/c1-12(13-2,11(15)16)9-14(3)10-7-5-4-6-8-10/h10,13H,4-9H2,1-3H3,(H,15,16). The smallest absolute Gasteiger partial charge is 0.324 e. The van der Waals surface area contributed by atoms with Crippen molar-refractivity contribution >= 4 is 5.97 Å². The summed E-state index contributed by atoms with van der Waals surface area (Å²) >= 11 is 0. The van der Waals surface area contributed by atoms with Gasteiger partial charge >= 0.3 is 5.97 Å². The zero-order chi connectivity index (χ0) is 12.2. The number of aliphatic carboxylic acids is 1. The Balaban J connectivity index is 2.53. The molecule has 1 fully saturated rings. The Morgan fingerprint density at radius 1 is 1.44 bits per heavy atom. The fourth-order valence-corrected chi connectivity index (χ4v) is 2.40. The quantitative estimate of drug-likeness (QED) is 0.745. The first-order chi connectivity index (χ1) is 7.49. The van der Waals surface area contributed by atoms with Gasteiger partial charge in [0.15, 0.2) is 0 Å². The minimum absolute atomic E-state index is 0.556.